The van der Waals surface area contributed by atoms with Crippen molar-refractivity contribution >= 4 is 5.91 Å². The number of hydrogen-bond acceptors (Lipinski definition) is 2. The first-order valence-electron chi connectivity index (χ1n) is 7.49. The predicted octanol–water partition coefficient (Wildman–Crippen LogP) is 3.19. The highest BCUT2D eigenvalue weighted by Crippen LogP contribution is 2.26. The van der Waals surface area contributed by atoms with Gasteiger partial charge in [0.25, 0.3) is 0 Å². The molecule has 0 heterocycles. The van der Waals surface area contributed by atoms with Gasteiger partial charge in [0.05, 0.1) is 18.1 Å². The van der Waals surface area contributed by atoms with E-state index in [4.69, 9.17) is 5.26 Å². The molecule has 3 nitrogen and oxygen atoms in total. The smallest absolute Gasteiger partial charge is 0.224 e. The Kier molecular flexibility index (Phi) is 5.17. The lowest BCUT2D eigenvalue weighted by Gasteiger charge is -2.29. The van der Waals surface area contributed by atoms with Crippen molar-refractivity contribution in [2.24, 2.45) is 5.92 Å². The van der Waals surface area contributed by atoms with E-state index < -0.39 is 0 Å². The summed E-state index contributed by atoms with van der Waals surface area (Å²) in [6.45, 7) is 2.23. The lowest BCUT2D eigenvalue weighted by molar-refractivity contribution is -0.121. The Hall–Kier alpha value is -1.82. The maximum atomic E-state index is 12.1. The minimum atomic E-state index is 0.0939. The Bertz CT molecular complexity index is 487. The zero-order chi connectivity index (χ0) is 14.4. The number of nitrogens with zero attached hydrogens (tertiary/aromatic N) is 1. The normalized spacial score (nSPS) is 22.0. The molecule has 1 aromatic rings. The van der Waals surface area contributed by atoms with Crippen molar-refractivity contribution in [3.05, 3.63) is 35.4 Å². The van der Waals surface area contributed by atoms with Crippen LogP contribution in [-0.2, 0) is 11.2 Å². The molecule has 1 fully saturated rings. The fourth-order valence-electron chi connectivity index (χ4n) is 2.95. The molecule has 0 aliphatic heterocycles. The minimum Gasteiger partial charge on any atom is -0.353 e. The molecule has 0 radical (unpaired) electrons. The molecule has 2 rings (SSSR count). The minimum absolute atomic E-state index is 0.0939. The van der Waals surface area contributed by atoms with Crippen LogP contribution in [0.5, 0.6) is 0 Å². The molecule has 1 aliphatic carbocycles. The highest BCUT2D eigenvalue weighted by molar-refractivity contribution is 5.78. The van der Waals surface area contributed by atoms with Crippen LogP contribution in [0.3, 0.4) is 0 Å². The van der Waals surface area contributed by atoms with Gasteiger partial charge in [-0.05, 0) is 36.5 Å². The van der Waals surface area contributed by atoms with Gasteiger partial charge in [-0.15, -0.1) is 0 Å². The third-order valence-electron chi connectivity index (χ3n) is 4.17. The van der Waals surface area contributed by atoms with Crippen LogP contribution in [0.1, 0.15) is 50.2 Å². The van der Waals surface area contributed by atoms with Crippen molar-refractivity contribution in [1.29, 1.82) is 5.26 Å². The van der Waals surface area contributed by atoms with Crippen LogP contribution in [0.2, 0.25) is 0 Å². The molecule has 20 heavy (non-hydrogen) atoms. The SMILES string of the molecule is CCC1CCCC(NC(=O)Cc2ccc(C#N)cc2)C1. The Morgan fingerprint density at radius 3 is 2.75 bits per heavy atom. The summed E-state index contributed by atoms with van der Waals surface area (Å²) in [6, 6.07) is 9.66. The summed E-state index contributed by atoms with van der Waals surface area (Å²) in [4.78, 5) is 12.1. The molecule has 0 spiro atoms. The van der Waals surface area contributed by atoms with E-state index in [1.54, 1.807) is 12.1 Å². The summed E-state index contributed by atoms with van der Waals surface area (Å²) in [5, 5.41) is 11.9. The van der Waals surface area contributed by atoms with Gasteiger partial charge >= 0.3 is 0 Å². The summed E-state index contributed by atoms with van der Waals surface area (Å²) >= 11 is 0. The lowest BCUT2D eigenvalue weighted by Crippen LogP contribution is -2.39. The zero-order valence-corrected chi connectivity index (χ0v) is 12.1. The largest absolute Gasteiger partial charge is 0.353 e. The fraction of sp³-hybridized carbons (Fsp3) is 0.529. The van der Waals surface area contributed by atoms with Gasteiger partial charge in [0.1, 0.15) is 0 Å². The maximum Gasteiger partial charge on any atom is 0.224 e. The van der Waals surface area contributed by atoms with Crippen molar-refractivity contribution in [2.75, 3.05) is 0 Å². The van der Waals surface area contributed by atoms with Crippen LogP contribution in [-0.4, -0.2) is 11.9 Å². The van der Waals surface area contributed by atoms with E-state index in [1.807, 2.05) is 12.1 Å². The van der Waals surface area contributed by atoms with E-state index in [1.165, 1.54) is 19.3 Å². The third-order valence-corrected chi connectivity index (χ3v) is 4.17. The molecule has 1 aromatic carbocycles. The highest BCUT2D eigenvalue weighted by atomic mass is 16.1. The molecule has 3 heteroatoms. The van der Waals surface area contributed by atoms with Crippen molar-refractivity contribution in [2.45, 2.75) is 51.5 Å². The van der Waals surface area contributed by atoms with E-state index in [9.17, 15) is 4.79 Å². The quantitative estimate of drug-likeness (QED) is 0.913. The third kappa shape index (κ3) is 4.09. The first kappa shape index (κ1) is 14.6. The van der Waals surface area contributed by atoms with E-state index in [2.05, 4.69) is 18.3 Å². The molecule has 2 unspecified atom stereocenters. The van der Waals surface area contributed by atoms with Crippen LogP contribution < -0.4 is 5.32 Å². The maximum absolute atomic E-state index is 12.1. The number of benzene rings is 1. The Morgan fingerprint density at radius 2 is 2.10 bits per heavy atom. The number of nitrogens with one attached hydrogen (secondary N) is 1. The first-order valence-corrected chi connectivity index (χ1v) is 7.49. The van der Waals surface area contributed by atoms with Crippen molar-refractivity contribution in [3.8, 4) is 6.07 Å². The molecule has 0 aromatic heterocycles. The molecule has 1 amide bonds. The lowest BCUT2D eigenvalue weighted by atomic mass is 9.84. The summed E-state index contributed by atoms with van der Waals surface area (Å²) in [6.07, 6.45) is 6.37. The average molecular weight is 270 g/mol. The van der Waals surface area contributed by atoms with Gasteiger partial charge in [0.15, 0.2) is 0 Å². The molecule has 1 saturated carbocycles. The van der Waals surface area contributed by atoms with Gasteiger partial charge in [-0.2, -0.15) is 5.26 Å². The average Bonchev–Trinajstić information content (AvgIpc) is 2.48. The van der Waals surface area contributed by atoms with Crippen LogP contribution in [0.4, 0.5) is 0 Å². The van der Waals surface area contributed by atoms with E-state index in [0.29, 0.717) is 18.0 Å². The monoisotopic (exact) mass is 270 g/mol. The van der Waals surface area contributed by atoms with Crippen LogP contribution in [0, 0.1) is 17.2 Å². The summed E-state index contributed by atoms with van der Waals surface area (Å²) in [5.74, 6) is 0.862. The van der Waals surface area contributed by atoms with Crippen LogP contribution in [0.25, 0.3) is 0 Å². The van der Waals surface area contributed by atoms with Crippen molar-refractivity contribution < 1.29 is 4.79 Å². The summed E-state index contributed by atoms with van der Waals surface area (Å²) in [5.41, 5.74) is 1.59. The fourth-order valence-corrected chi connectivity index (χ4v) is 2.95. The molecule has 1 aliphatic rings. The van der Waals surface area contributed by atoms with Crippen molar-refractivity contribution in [3.63, 3.8) is 0 Å². The zero-order valence-electron chi connectivity index (χ0n) is 12.1. The standard InChI is InChI=1S/C17H22N2O/c1-2-13-4-3-5-16(10-13)19-17(20)11-14-6-8-15(12-18)9-7-14/h6-9,13,16H,2-5,10-11H2,1H3,(H,19,20). The van der Waals surface area contributed by atoms with Gasteiger partial charge in [-0.1, -0.05) is 38.3 Å². The number of nitriles is 1. The molecule has 0 bridgehead atoms. The number of carbonyl (C=O) groups excluding carboxylic acids is 1. The van der Waals surface area contributed by atoms with E-state index >= 15 is 0 Å². The Morgan fingerprint density at radius 1 is 1.35 bits per heavy atom. The topological polar surface area (TPSA) is 52.9 Å². The van der Waals surface area contributed by atoms with E-state index in [-0.39, 0.29) is 5.91 Å². The second-order valence-corrected chi connectivity index (χ2v) is 5.69. The molecule has 106 valence electrons. The molecule has 1 N–H and O–H groups in total. The number of hydrogen-bond donors (Lipinski definition) is 1. The predicted molar refractivity (Wildman–Crippen MR) is 79.0 cm³/mol. The Labute approximate surface area is 121 Å². The molecular formula is C17H22N2O. The molecular weight excluding hydrogens is 248 g/mol. The summed E-state index contributed by atoms with van der Waals surface area (Å²) < 4.78 is 0. The van der Waals surface area contributed by atoms with Crippen LogP contribution in [0.15, 0.2) is 24.3 Å². The van der Waals surface area contributed by atoms with Crippen LogP contribution >= 0.6 is 0 Å². The number of rotatable bonds is 4. The molecule has 2 atom stereocenters. The highest BCUT2D eigenvalue weighted by Gasteiger charge is 2.21. The van der Waals surface area contributed by atoms with E-state index in [0.717, 1.165) is 24.3 Å². The molecule has 0 saturated heterocycles. The Balaban J connectivity index is 1.84. The second kappa shape index (κ2) is 7.09. The first-order chi connectivity index (χ1) is 9.71. The number of carbonyl (C=O) groups is 1. The van der Waals surface area contributed by atoms with Gasteiger partial charge in [-0.25, -0.2) is 0 Å². The second-order valence-electron chi connectivity index (χ2n) is 5.69. The van der Waals surface area contributed by atoms with Gasteiger partial charge in [0, 0.05) is 6.04 Å². The van der Waals surface area contributed by atoms with Gasteiger partial charge < -0.3 is 5.32 Å². The summed E-state index contributed by atoms with van der Waals surface area (Å²) in [7, 11) is 0. The number of amides is 1. The van der Waals surface area contributed by atoms with Gasteiger partial charge in [0.2, 0.25) is 5.91 Å². The van der Waals surface area contributed by atoms with Crippen molar-refractivity contribution in [1.82, 2.24) is 5.32 Å². The van der Waals surface area contributed by atoms with Gasteiger partial charge in [-0.3, -0.25) is 4.79 Å².